The SMILES string of the molecule is NS(=O)(=O)c1ccc(CBr)cc1C(F)(F)F. The number of rotatable bonds is 2. The van der Waals surface area contributed by atoms with Crippen LogP contribution in [0.3, 0.4) is 0 Å². The molecule has 3 nitrogen and oxygen atoms in total. The van der Waals surface area contributed by atoms with Crippen LogP contribution in [0.5, 0.6) is 0 Å². The molecular formula is C8H7BrF3NO2S. The van der Waals surface area contributed by atoms with Crippen molar-refractivity contribution in [2.45, 2.75) is 16.4 Å². The first kappa shape index (κ1) is 13.5. The van der Waals surface area contributed by atoms with Crippen molar-refractivity contribution in [2.24, 2.45) is 5.14 Å². The summed E-state index contributed by atoms with van der Waals surface area (Å²) < 4.78 is 59.6. The fraction of sp³-hybridized carbons (Fsp3) is 0.250. The molecule has 0 bridgehead atoms. The van der Waals surface area contributed by atoms with E-state index in [-0.39, 0.29) is 5.33 Å². The maximum absolute atomic E-state index is 12.6. The van der Waals surface area contributed by atoms with Crippen molar-refractivity contribution in [2.75, 3.05) is 0 Å². The third-order valence-corrected chi connectivity index (χ3v) is 3.43. The van der Waals surface area contributed by atoms with E-state index < -0.39 is 26.7 Å². The lowest BCUT2D eigenvalue weighted by atomic mass is 10.1. The molecule has 1 aromatic carbocycles. The Balaban J connectivity index is 3.52. The first-order valence-corrected chi connectivity index (χ1v) is 6.62. The van der Waals surface area contributed by atoms with Crippen molar-refractivity contribution in [3.8, 4) is 0 Å². The summed E-state index contributed by atoms with van der Waals surface area (Å²) in [6.45, 7) is 0. The lowest BCUT2D eigenvalue weighted by molar-refractivity contribution is -0.139. The maximum Gasteiger partial charge on any atom is 0.417 e. The van der Waals surface area contributed by atoms with Gasteiger partial charge in [-0.1, -0.05) is 22.0 Å². The van der Waals surface area contributed by atoms with Gasteiger partial charge in [0.15, 0.2) is 0 Å². The van der Waals surface area contributed by atoms with Gasteiger partial charge in [-0.05, 0) is 17.7 Å². The van der Waals surface area contributed by atoms with Crippen LogP contribution in [0, 0.1) is 0 Å². The number of nitrogens with two attached hydrogens (primary N) is 1. The summed E-state index contributed by atoms with van der Waals surface area (Å²) in [5, 5.41) is 4.90. The molecule has 0 atom stereocenters. The van der Waals surface area contributed by atoms with Crippen LogP contribution in [0.25, 0.3) is 0 Å². The molecule has 0 heterocycles. The highest BCUT2D eigenvalue weighted by Crippen LogP contribution is 2.34. The highest BCUT2D eigenvalue weighted by Gasteiger charge is 2.36. The van der Waals surface area contributed by atoms with Crippen molar-refractivity contribution in [3.05, 3.63) is 29.3 Å². The van der Waals surface area contributed by atoms with E-state index in [2.05, 4.69) is 15.9 Å². The number of sulfonamides is 1. The van der Waals surface area contributed by atoms with Gasteiger partial charge in [0.1, 0.15) is 0 Å². The van der Waals surface area contributed by atoms with Crippen LogP contribution in [0.2, 0.25) is 0 Å². The summed E-state index contributed by atoms with van der Waals surface area (Å²) in [6, 6.07) is 2.88. The summed E-state index contributed by atoms with van der Waals surface area (Å²) in [5.41, 5.74) is -0.924. The number of hydrogen-bond donors (Lipinski definition) is 1. The van der Waals surface area contributed by atoms with Crippen molar-refractivity contribution in [1.82, 2.24) is 0 Å². The van der Waals surface area contributed by atoms with Gasteiger partial charge in [-0.2, -0.15) is 13.2 Å². The van der Waals surface area contributed by atoms with Crippen LogP contribution < -0.4 is 5.14 Å². The molecule has 0 aromatic heterocycles. The van der Waals surface area contributed by atoms with Gasteiger partial charge in [-0.25, -0.2) is 13.6 Å². The summed E-state index contributed by atoms with van der Waals surface area (Å²) in [6.07, 6.45) is -4.75. The summed E-state index contributed by atoms with van der Waals surface area (Å²) in [5.74, 6) is 0. The molecule has 0 amide bonds. The molecule has 0 unspecified atom stereocenters. The lowest BCUT2D eigenvalue weighted by Gasteiger charge is -2.12. The molecule has 0 aliphatic heterocycles. The van der Waals surface area contributed by atoms with E-state index in [1.165, 1.54) is 6.07 Å². The quantitative estimate of drug-likeness (QED) is 0.850. The number of halogens is 4. The minimum atomic E-state index is -4.75. The van der Waals surface area contributed by atoms with E-state index in [0.717, 1.165) is 12.1 Å². The highest BCUT2D eigenvalue weighted by atomic mass is 79.9. The Kier molecular flexibility index (Phi) is 3.65. The van der Waals surface area contributed by atoms with E-state index >= 15 is 0 Å². The molecule has 0 saturated carbocycles. The topological polar surface area (TPSA) is 60.2 Å². The molecule has 2 N–H and O–H groups in total. The minimum absolute atomic E-state index is 0.195. The van der Waals surface area contributed by atoms with E-state index in [1.807, 2.05) is 0 Å². The van der Waals surface area contributed by atoms with Gasteiger partial charge in [0.25, 0.3) is 0 Å². The molecule has 90 valence electrons. The molecular weight excluding hydrogens is 311 g/mol. The smallest absolute Gasteiger partial charge is 0.225 e. The standard InChI is InChI=1S/C8H7BrF3NO2S/c9-4-5-1-2-7(16(13,14)15)6(3-5)8(10,11)12/h1-3H,4H2,(H2,13,14,15). The van der Waals surface area contributed by atoms with Gasteiger partial charge in [0.05, 0.1) is 10.5 Å². The van der Waals surface area contributed by atoms with Gasteiger partial charge in [-0.15, -0.1) is 0 Å². The molecule has 16 heavy (non-hydrogen) atoms. The molecule has 8 heteroatoms. The Labute approximate surface area is 98.6 Å². The van der Waals surface area contributed by atoms with Crippen LogP contribution >= 0.6 is 15.9 Å². The Bertz CT molecular complexity index is 498. The molecule has 0 spiro atoms. The molecule has 0 saturated heterocycles. The first-order chi connectivity index (χ1) is 7.16. The fourth-order valence-corrected chi connectivity index (χ4v) is 2.22. The lowest BCUT2D eigenvalue weighted by Crippen LogP contribution is -2.19. The van der Waals surface area contributed by atoms with Crippen LogP contribution in [0.4, 0.5) is 13.2 Å². The monoisotopic (exact) mass is 317 g/mol. The molecule has 1 aromatic rings. The number of alkyl halides is 4. The van der Waals surface area contributed by atoms with Gasteiger partial charge >= 0.3 is 6.18 Å². The van der Waals surface area contributed by atoms with E-state index in [4.69, 9.17) is 5.14 Å². The van der Waals surface area contributed by atoms with E-state index in [0.29, 0.717) is 5.56 Å². The highest BCUT2D eigenvalue weighted by molar-refractivity contribution is 9.08. The average Bonchev–Trinajstić information content (AvgIpc) is 2.14. The summed E-state index contributed by atoms with van der Waals surface area (Å²) >= 11 is 2.99. The number of hydrogen-bond acceptors (Lipinski definition) is 2. The average molecular weight is 318 g/mol. The number of primary sulfonamides is 1. The molecule has 0 fully saturated rings. The zero-order chi connectivity index (χ0) is 12.6. The van der Waals surface area contributed by atoms with Gasteiger partial charge in [0, 0.05) is 5.33 Å². The largest absolute Gasteiger partial charge is 0.417 e. The van der Waals surface area contributed by atoms with Gasteiger partial charge in [-0.3, -0.25) is 0 Å². The fourth-order valence-electron chi connectivity index (χ4n) is 1.13. The third kappa shape index (κ3) is 2.96. The van der Waals surface area contributed by atoms with Crippen molar-refractivity contribution in [3.63, 3.8) is 0 Å². The zero-order valence-electron chi connectivity index (χ0n) is 7.75. The predicted octanol–water partition coefficient (Wildman–Crippen LogP) is 2.25. The second-order valence-corrected chi connectivity index (χ2v) is 5.10. The van der Waals surface area contributed by atoms with E-state index in [1.54, 1.807) is 0 Å². The molecule has 0 aliphatic rings. The third-order valence-electron chi connectivity index (χ3n) is 1.81. The molecule has 1 rings (SSSR count). The molecule has 0 aliphatic carbocycles. The van der Waals surface area contributed by atoms with Crippen LogP contribution in [-0.2, 0) is 21.5 Å². The van der Waals surface area contributed by atoms with Gasteiger partial charge < -0.3 is 0 Å². The maximum atomic E-state index is 12.6. The predicted molar refractivity (Wildman–Crippen MR) is 55.4 cm³/mol. The second-order valence-electron chi connectivity index (χ2n) is 3.01. The Morgan fingerprint density at radius 3 is 2.25 bits per heavy atom. The van der Waals surface area contributed by atoms with Crippen molar-refractivity contribution < 1.29 is 21.6 Å². The minimum Gasteiger partial charge on any atom is -0.225 e. The molecule has 0 radical (unpaired) electrons. The van der Waals surface area contributed by atoms with Crippen LogP contribution in [0.15, 0.2) is 23.1 Å². The Morgan fingerprint density at radius 2 is 1.88 bits per heavy atom. The normalized spacial score (nSPS) is 12.8. The number of benzene rings is 1. The van der Waals surface area contributed by atoms with Crippen LogP contribution in [0.1, 0.15) is 11.1 Å². The van der Waals surface area contributed by atoms with Gasteiger partial charge in [0.2, 0.25) is 10.0 Å². The van der Waals surface area contributed by atoms with Crippen LogP contribution in [-0.4, -0.2) is 8.42 Å². The van der Waals surface area contributed by atoms with Crippen molar-refractivity contribution in [1.29, 1.82) is 0 Å². The summed E-state index contributed by atoms with van der Waals surface area (Å²) in [4.78, 5) is -0.912. The second kappa shape index (κ2) is 4.34. The summed E-state index contributed by atoms with van der Waals surface area (Å²) in [7, 11) is -4.38. The van der Waals surface area contributed by atoms with E-state index in [9.17, 15) is 21.6 Å². The first-order valence-electron chi connectivity index (χ1n) is 3.95. The Morgan fingerprint density at radius 1 is 1.31 bits per heavy atom. The zero-order valence-corrected chi connectivity index (χ0v) is 10.2. The van der Waals surface area contributed by atoms with Crippen molar-refractivity contribution >= 4 is 26.0 Å². The Hall–Kier alpha value is -0.600.